The number of aliphatic imine (C=N–C) groups is 1. The quantitative estimate of drug-likeness (QED) is 0.195. The Bertz CT molecular complexity index is 725. The lowest BCUT2D eigenvalue weighted by molar-refractivity contribution is 0.159. The van der Waals surface area contributed by atoms with Crippen LogP contribution in [0.3, 0.4) is 0 Å². The molecule has 7 nitrogen and oxygen atoms in total. The molecule has 1 atom stereocenters. The second kappa shape index (κ2) is 13.4. The number of hydrogen-bond donors (Lipinski definition) is 3. The molecule has 0 bridgehead atoms. The molecule has 1 aromatic carbocycles. The monoisotopic (exact) mass is 537 g/mol. The molecule has 166 valence electrons. The zero-order chi connectivity index (χ0) is 20.4. The van der Waals surface area contributed by atoms with E-state index in [0.717, 1.165) is 37.6 Å². The van der Waals surface area contributed by atoms with Gasteiger partial charge in [0.05, 0.1) is 11.4 Å². The molecule has 0 aromatic heterocycles. The Labute approximate surface area is 193 Å². The Morgan fingerprint density at radius 1 is 1.21 bits per heavy atom. The minimum atomic E-state index is -3.40. The van der Waals surface area contributed by atoms with Crippen LogP contribution in [-0.4, -0.2) is 58.5 Å². The zero-order valence-corrected chi connectivity index (χ0v) is 20.9. The largest absolute Gasteiger partial charge is 0.357 e. The van der Waals surface area contributed by atoms with E-state index >= 15 is 0 Å². The van der Waals surface area contributed by atoms with Crippen LogP contribution in [0.4, 0.5) is 0 Å². The van der Waals surface area contributed by atoms with Gasteiger partial charge in [-0.2, -0.15) is 0 Å². The molecule has 0 radical (unpaired) electrons. The predicted molar refractivity (Wildman–Crippen MR) is 130 cm³/mol. The van der Waals surface area contributed by atoms with E-state index in [-0.39, 0.29) is 28.9 Å². The summed E-state index contributed by atoms with van der Waals surface area (Å²) in [6.07, 6.45) is 5.07. The van der Waals surface area contributed by atoms with E-state index in [2.05, 4.69) is 32.2 Å². The fourth-order valence-corrected chi connectivity index (χ4v) is 4.11. The second-order valence-corrected chi connectivity index (χ2v) is 9.09. The first kappa shape index (κ1) is 26.1. The molecule has 0 aliphatic carbocycles. The third-order valence-electron chi connectivity index (χ3n) is 5.12. The number of piperidine rings is 1. The van der Waals surface area contributed by atoms with Crippen molar-refractivity contribution in [1.29, 1.82) is 0 Å². The Balaban J connectivity index is 0.00000420. The topological polar surface area (TPSA) is 85.8 Å². The Morgan fingerprint density at radius 2 is 1.93 bits per heavy atom. The Morgan fingerprint density at radius 3 is 2.55 bits per heavy atom. The van der Waals surface area contributed by atoms with Crippen molar-refractivity contribution in [3.05, 3.63) is 29.8 Å². The molecule has 1 aliphatic heterocycles. The molecule has 1 saturated heterocycles. The number of rotatable bonds is 9. The van der Waals surface area contributed by atoms with Crippen LogP contribution in [0.2, 0.25) is 0 Å². The van der Waals surface area contributed by atoms with Crippen molar-refractivity contribution in [2.24, 2.45) is 4.99 Å². The molecule has 2 rings (SSSR count). The summed E-state index contributed by atoms with van der Waals surface area (Å²) in [6.45, 7) is 8.89. The molecule has 1 unspecified atom stereocenters. The van der Waals surface area contributed by atoms with Crippen molar-refractivity contribution < 1.29 is 8.42 Å². The molecule has 29 heavy (non-hydrogen) atoms. The summed E-state index contributed by atoms with van der Waals surface area (Å²) in [5, 5.41) is 6.66. The van der Waals surface area contributed by atoms with Crippen LogP contribution in [0.1, 0.15) is 45.1 Å². The molecule has 1 heterocycles. The van der Waals surface area contributed by atoms with Gasteiger partial charge >= 0.3 is 0 Å². The molecular formula is C20H36IN5O2S. The summed E-state index contributed by atoms with van der Waals surface area (Å²) >= 11 is 0. The number of guanidine groups is 1. The van der Waals surface area contributed by atoms with E-state index in [4.69, 9.17) is 0 Å². The lowest BCUT2D eigenvalue weighted by Gasteiger charge is -2.33. The van der Waals surface area contributed by atoms with Gasteiger partial charge in [-0.1, -0.05) is 18.6 Å². The van der Waals surface area contributed by atoms with Gasteiger partial charge in [0.25, 0.3) is 0 Å². The zero-order valence-electron chi connectivity index (χ0n) is 17.8. The highest BCUT2D eigenvalue weighted by Gasteiger charge is 2.17. The standard InChI is InChI=1S/C20H35N5O2S.HI/c1-4-22-20(23-13-7-15-25-14-6-5-8-17(25)2)24-16-18-9-11-19(12-10-18)28(26,27)21-3;/h9-12,17,21H,4-8,13-16H2,1-3H3,(H2,22,23,24);1H. The van der Waals surface area contributed by atoms with Gasteiger partial charge in [0.1, 0.15) is 0 Å². The molecule has 3 N–H and O–H groups in total. The molecular weight excluding hydrogens is 501 g/mol. The van der Waals surface area contributed by atoms with Crippen LogP contribution in [0.15, 0.2) is 34.2 Å². The Kier molecular flexibility index (Phi) is 12.1. The SMILES string of the molecule is CCNC(=NCc1ccc(S(=O)(=O)NC)cc1)NCCCN1CCCCC1C.I. The average Bonchev–Trinajstić information content (AvgIpc) is 2.70. The van der Waals surface area contributed by atoms with E-state index in [1.165, 1.54) is 32.9 Å². The van der Waals surface area contributed by atoms with Crippen molar-refractivity contribution in [1.82, 2.24) is 20.3 Å². The van der Waals surface area contributed by atoms with Gasteiger partial charge in [0, 0.05) is 25.7 Å². The van der Waals surface area contributed by atoms with E-state index in [1.54, 1.807) is 24.3 Å². The number of nitrogens with one attached hydrogen (secondary N) is 3. The van der Waals surface area contributed by atoms with Crippen molar-refractivity contribution >= 4 is 40.0 Å². The fourth-order valence-electron chi connectivity index (χ4n) is 3.38. The lowest BCUT2D eigenvalue weighted by atomic mass is 10.0. The summed E-state index contributed by atoms with van der Waals surface area (Å²) < 4.78 is 25.9. The average molecular weight is 538 g/mol. The van der Waals surface area contributed by atoms with Crippen molar-refractivity contribution in [3.8, 4) is 0 Å². The number of likely N-dealkylation sites (tertiary alicyclic amines) is 1. The van der Waals surface area contributed by atoms with Crippen LogP contribution in [-0.2, 0) is 16.6 Å². The van der Waals surface area contributed by atoms with E-state index < -0.39 is 10.0 Å². The van der Waals surface area contributed by atoms with Crippen molar-refractivity contribution in [3.63, 3.8) is 0 Å². The first-order valence-electron chi connectivity index (χ1n) is 10.2. The first-order chi connectivity index (χ1) is 13.5. The minimum Gasteiger partial charge on any atom is -0.357 e. The van der Waals surface area contributed by atoms with E-state index in [9.17, 15) is 8.42 Å². The molecule has 1 aliphatic rings. The third-order valence-corrected chi connectivity index (χ3v) is 6.55. The maximum Gasteiger partial charge on any atom is 0.240 e. The van der Waals surface area contributed by atoms with Gasteiger partial charge in [-0.15, -0.1) is 24.0 Å². The van der Waals surface area contributed by atoms with Crippen molar-refractivity contribution in [2.75, 3.05) is 33.2 Å². The van der Waals surface area contributed by atoms with Gasteiger partial charge in [-0.3, -0.25) is 0 Å². The first-order valence-corrected chi connectivity index (χ1v) is 11.7. The summed E-state index contributed by atoms with van der Waals surface area (Å²) in [6, 6.07) is 7.52. The number of hydrogen-bond acceptors (Lipinski definition) is 4. The molecule has 9 heteroatoms. The van der Waals surface area contributed by atoms with Gasteiger partial charge in [-0.25, -0.2) is 18.1 Å². The van der Waals surface area contributed by atoms with Crippen LogP contribution in [0.25, 0.3) is 0 Å². The predicted octanol–water partition coefficient (Wildman–Crippen LogP) is 2.53. The highest BCUT2D eigenvalue weighted by molar-refractivity contribution is 14.0. The minimum absolute atomic E-state index is 0. The van der Waals surface area contributed by atoms with Crippen LogP contribution in [0.5, 0.6) is 0 Å². The molecule has 1 aromatic rings. The number of sulfonamides is 1. The normalized spacial score (nSPS) is 18.2. The third kappa shape index (κ3) is 8.77. The Hall–Kier alpha value is -0.910. The summed E-state index contributed by atoms with van der Waals surface area (Å²) in [7, 11) is -1.99. The number of benzene rings is 1. The molecule has 0 saturated carbocycles. The van der Waals surface area contributed by atoms with Crippen LogP contribution < -0.4 is 15.4 Å². The van der Waals surface area contributed by atoms with Gasteiger partial charge in [-0.05, 0) is 64.4 Å². The smallest absolute Gasteiger partial charge is 0.240 e. The summed E-state index contributed by atoms with van der Waals surface area (Å²) in [5.41, 5.74) is 0.967. The van der Waals surface area contributed by atoms with Gasteiger partial charge < -0.3 is 15.5 Å². The van der Waals surface area contributed by atoms with E-state index in [0.29, 0.717) is 12.6 Å². The lowest BCUT2D eigenvalue weighted by Crippen LogP contribution is -2.41. The number of halogens is 1. The summed E-state index contributed by atoms with van der Waals surface area (Å²) in [5.74, 6) is 0.793. The van der Waals surface area contributed by atoms with E-state index in [1.807, 2.05) is 6.92 Å². The van der Waals surface area contributed by atoms with Crippen LogP contribution in [0, 0.1) is 0 Å². The van der Waals surface area contributed by atoms with Gasteiger partial charge in [0.2, 0.25) is 10.0 Å². The van der Waals surface area contributed by atoms with Gasteiger partial charge in [0.15, 0.2) is 5.96 Å². The van der Waals surface area contributed by atoms with Crippen molar-refractivity contribution in [2.45, 2.75) is 57.0 Å². The second-order valence-electron chi connectivity index (χ2n) is 7.21. The highest BCUT2D eigenvalue weighted by Crippen LogP contribution is 2.16. The number of nitrogens with zero attached hydrogens (tertiary/aromatic N) is 2. The fraction of sp³-hybridized carbons (Fsp3) is 0.650. The summed E-state index contributed by atoms with van der Waals surface area (Å²) in [4.78, 5) is 7.45. The highest BCUT2D eigenvalue weighted by atomic mass is 127. The molecule has 1 fully saturated rings. The maximum atomic E-state index is 11.8. The maximum absolute atomic E-state index is 11.8. The molecule has 0 amide bonds. The van der Waals surface area contributed by atoms with Crippen LogP contribution >= 0.6 is 24.0 Å². The molecule has 0 spiro atoms.